The van der Waals surface area contributed by atoms with Crippen LogP contribution < -0.4 is 0 Å². The third kappa shape index (κ3) is 4.73. The maximum atomic E-state index is 13.2. The summed E-state index contributed by atoms with van der Waals surface area (Å²) in [6.45, 7) is 6.05. The van der Waals surface area contributed by atoms with Crippen LogP contribution in [0.25, 0.3) is 5.76 Å². The lowest BCUT2D eigenvalue weighted by Crippen LogP contribution is -2.29. The fourth-order valence-corrected chi connectivity index (χ4v) is 4.23. The van der Waals surface area contributed by atoms with Crippen molar-refractivity contribution in [3.05, 3.63) is 112 Å². The van der Waals surface area contributed by atoms with Gasteiger partial charge in [-0.15, -0.1) is 0 Å². The van der Waals surface area contributed by atoms with E-state index in [0.717, 1.165) is 22.3 Å². The fraction of sp³-hybridized carbons (Fsp3) is 0.207. The zero-order chi connectivity index (χ0) is 25.1. The first-order chi connectivity index (χ1) is 16.8. The first-order valence-corrected chi connectivity index (χ1v) is 11.5. The number of aryl methyl sites for hydroxylation is 2. The van der Waals surface area contributed by atoms with E-state index in [-0.39, 0.29) is 24.5 Å². The number of aliphatic hydroxyl groups is 1. The van der Waals surface area contributed by atoms with Gasteiger partial charge in [0, 0.05) is 12.1 Å². The Balaban J connectivity index is 1.76. The molecule has 1 unspecified atom stereocenters. The number of carbonyl (C=O) groups is 3. The number of carbonyl (C=O) groups excluding carboxylic acids is 3. The van der Waals surface area contributed by atoms with Gasteiger partial charge in [-0.05, 0) is 61.2 Å². The predicted octanol–water partition coefficient (Wildman–Crippen LogP) is 5.10. The van der Waals surface area contributed by atoms with Crippen LogP contribution in [0, 0.1) is 13.8 Å². The number of rotatable bonds is 6. The zero-order valence-corrected chi connectivity index (χ0v) is 19.9. The molecule has 3 aromatic rings. The number of aliphatic hydroxyl groups excluding tert-OH is 1. The normalized spacial score (nSPS) is 17.0. The van der Waals surface area contributed by atoms with E-state index in [1.54, 1.807) is 37.3 Å². The summed E-state index contributed by atoms with van der Waals surface area (Å²) in [6, 6.07) is 20.6. The van der Waals surface area contributed by atoms with Gasteiger partial charge in [-0.25, -0.2) is 4.79 Å². The number of hydrogen-bond donors (Lipinski definition) is 1. The molecule has 1 heterocycles. The molecule has 178 valence electrons. The summed E-state index contributed by atoms with van der Waals surface area (Å²) in [7, 11) is 0. The fourth-order valence-electron chi connectivity index (χ4n) is 4.23. The topological polar surface area (TPSA) is 83.9 Å². The van der Waals surface area contributed by atoms with Gasteiger partial charge in [0.2, 0.25) is 0 Å². The Labute approximate surface area is 204 Å². The summed E-state index contributed by atoms with van der Waals surface area (Å²) in [5.41, 5.74) is 4.46. The molecule has 0 radical (unpaired) electrons. The van der Waals surface area contributed by atoms with Gasteiger partial charge in [-0.3, -0.25) is 9.59 Å². The molecule has 0 aliphatic carbocycles. The lowest BCUT2D eigenvalue weighted by atomic mass is 9.94. The molecule has 1 saturated heterocycles. The van der Waals surface area contributed by atoms with Crippen LogP contribution in [-0.2, 0) is 20.9 Å². The molecule has 4 rings (SSSR count). The number of Topliss-reactive ketones (excluding diaryl/α,β-unsaturated/α-hetero) is 1. The highest BCUT2D eigenvalue weighted by molar-refractivity contribution is 6.46. The monoisotopic (exact) mass is 469 g/mol. The van der Waals surface area contributed by atoms with E-state index in [1.807, 2.05) is 56.3 Å². The van der Waals surface area contributed by atoms with Crippen molar-refractivity contribution in [2.45, 2.75) is 33.4 Å². The second-order valence-electron chi connectivity index (χ2n) is 8.55. The van der Waals surface area contributed by atoms with Crippen LogP contribution in [0.2, 0.25) is 0 Å². The zero-order valence-electron chi connectivity index (χ0n) is 19.9. The SMILES string of the molecule is CCOC(=O)c1ccc(CN2C(=O)C(=O)/C(=C(\O)c3ccc(C)c(C)c3)C2c2ccccc2)cc1. The molecule has 0 saturated carbocycles. The van der Waals surface area contributed by atoms with Crippen molar-refractivity contribution in [3.8, 4) is 0 Å². The second kappa shape index (κ2) is 9.97. The van der Waals surface area contributed by atoms with E-state index in [9.17, 15) is 19.5 Å². The number of ketones is 1. The van der Waals surface area contributed by atoms with Crippen molar-refractivity contribution in [3.63, 3.8) is 0 Å². The highest BCUT2D eigenvalue weighted by Crippen LogP contribution is 2.40. The van der Waals surface area contributed by atoms with Crippen molar-refractivity contribution in [2.24, 2.45) is 0 Å². The first-order valence-electron chi connectivity index (χ1n) is 11.5. The molecule has 6 heteroatoms. The van der Waals surface area contributed by atoms with Crippen LogP contribution in [0.5, 0.6) is 0 Å². The lowest BCUT2D eigenvalue weighted by Gasteiger charge is -2.25. The minimum Gasteiger partial charge on any atom is -0.507 e. The number of nitrogens with zero attached hydrogens (tertiary/aromatic N) is 1. The van der Waals surface area contributed by atoms with Crippen LogP contribution in [0.1, 0.15) is 51.1 Å². The Morgan fingerprint density at radius 1 is 0.914 bits per heavy atom. The minimum atomic E-state index is -0.748. The molecule has 1 amide bonds. The molecule has 0 spiro atoms. The van der Waals surface area contributed by atoms with Gasteiger partial charge in [-0.2, -0.15) is 0 Å². The number of likely N-dealkylation sites (tertiary alicyclic amines) is 1. The molecule has 1 aliphatic heterocycles. The smallest absolute Gasteiger partial charge is 0.338 e. The minimum absolute atomic E-state index is 0.0626. The maximum absolute atomic E-state index is 13.2. The standard InChI is InChI=1S/C29H27NO5/c1-4-35-29(34)22-14-11-20(12-15-22)17-30-25(21-8-6-5-7-9-21)24(27(32)28(30)33)26(31)23-13-10-18(2)19(3)16-23/h5-16,25,31H,4,17H2,1-3H3/b26-24-. The summed E-state index contributed by atoms with van der Waals surface area (Å²) in [5, 5.41) is 11.2. The summed E-state index contributed by atoms with van der Waals surface area (Å²) < 4.78 is 5.02. The van der Waals surface area contributed by atoms with Crippen LogP contribution in [0.3, 0.4) is 0 Å². The Hall–Kier alpha value is -4.19. The molecule has 0 bridgehead atoms. The van der Waals surface area contributed by atoms with Crippen molar-refractivity contribution in [1.29, 1.82) is 0 Å². The summed E-state index contributed by atoms with van der Waals surface area (Å²) in [6.07, 6.45) is 0. The van der Waals surface area contributed by atoms with Crippen molar-refractivity contribution in [2.75, 3.05) is 6.61 Å². The first kappa shape index (κ1) is 24.0. The Morgan fingerprint density at radius 2 is 1.57 bits per heavy atom. The van der Waals surface area contributed by atoms with Crippen molar-refractivity contribution >= 4 is 23.4 Å². The van der Waals surface area contributed by atoms with Gasteiger partial charge >= 0.3 is 5.97 Å². The predicted molar refractivity (Wildman–Crippen MR) is 133 cm³/mol. The average molecular weight is 470 g/mol. The van der Waals surface area contributed by atoms with Crippen molar-refractivity contribution in [1.82, 2.24) is 4.90 Å². The Bertz CT molecular complexity index is 1310. The van der Waals surface area contributed by atoms with Gasteiger partial charge < -0.3 is 14.7 Å². The number of esters is 1. The highest BCUT2D eigenvalue weighted by Gasteiger charge is 2.46. The van der Waals surface area contributed by atoms with Gasteiger partial charge in [0.05, 0.1) is 23.8 Å². The van der Waals surface area contributed by atoms with E-state index in [0.29, 0.717) is 11.1 Å². The van der Waals surface area contributed by atoms with Gasteiger partial charge in [0.15, 0.2) is 0 Å². The molecule has 35 heavy (non-hydrogen) atoms. The summed E-state index contributed by atoms with van der Waals surface area (Å²) in [5.74, 6) is -2.02. The van der Waals surface area contributed by atoms with Gasteiger partial charge in [-0.1, -0.05) is 54.6 Å². The molecular formula is C29H27NO5. The third-order valence-corrected chi connectivity index (χ3v) is 6.25. The molecule has 3 aromatic carbocycles. The molecule has 1 aliphatic rings. The average Bonchev–Trinajstić information content (AvgIpc) is 3.11. The van der Waals surface area contributed by atoms with Crippen LogP contribution >= 0.6 is 0 Å². The number of hydrogen-bond acceptors (Lipinski definition) is 5. The van der Waals surface area contributed by atoms with Crippen LogP contribution in [-0.4, -0.2) is 34.3 Å². The maximum Gasteiger partial charge on any atom is 0.338 e. The highest BCUT2D eigenvalue weighted by atomic mass is 16.5. The number of benzene rings is 3. The third-order valence-electron chi connectivity index (χ3n) is 6.25. The van der Waals surface area contributed by atoms with Gasteiger partial charge in [0.1, 0.15) is 5.76 Å². The van der Waals surface area contributed by atoms with Crippen LogP contribution in [0.15, 0.2) is 78.4 Å². The Morgan fingerprint density at radius 3 is 2.20 bits per heavy atom. The molecule has 1 atom stereocenters. The van der Waals surface area contributed by atoms with Crippen molar-refractivity contribution < 1.29 is 24.2 Å². The van der Waals surface area contributed by atoms with Crippen LogP contribution in [0.4, 0.5) is 0 Å². The summed E-state index contributed by atoms with van der Waals surface area (Å²) >= 11 is 0. The molecule has 1 N–H and O–H groups in total. The molecule has 1 fully saturated rings. The Kier molecular flexibility index (Phi) is 6.82. The van der Waals surface area contributed by atoms with E-state index in [2.05, 4.69) is 0 Å². The van der Waals surface area contributed by atoms with E-state index >= 15 is 0 Å². The van der Waals surface area contributed by atoms with E-state index in [4.69, 9.17) is 4.74 Å². The van der Waals surface area contributed by atoms with Gasteiger partial charge in [0.25, 0.3) is 11.7 Å². The summed E-state index contributed by atoms with van der Waals surface area (Å²) in [4.78, 5) is 39.8. The molecule has 6 nitrogen and oxygen atoms in total. The largest absolute Gasteiger partial charge is 0.507 e. The lowest BCUT2D eigenvalue weighted by molar-refractivity contribution is -0.140. The van der Waals surface area contributed by atoms with E-state index < -0.39 is 23.7 Å². The number of amides is 1. The number of ether oxygens (including phenoxy) is 1. The molecular weight excluding hydrogens is 442 g/mol. The quantitative estimate of drug-likeness (QED) is 0.235. The van der Waals surface area contributed by atoms with E-state index in [1.165, 1.54) is 4.90 Å². The molecule has 0 aromatic heterocycles. The second-order valence-corrected chi connectivity index (χ2v) is 8.55.